The van der Waals surface area contributed by atoms with Crippen molar-refractivity contribution in [3.8, 4) is 17.5 Å². The lowest BCUT2D eigenvalue weighted by Crippen LogP contribution is -2.55. The second kappa shape index (κ2) is 6.53. The molecule has 1 N–H and O–H groups in total. The van der Waals surface area contributed by atoms with Crippen molar-refractivity contribution in [1.29, 1.82) is 5.26 Å². The van der Waals surface area contributed by atoms with Crippen molar-refractivity contribution in [2.45, 2.75) is 25.3 Å². The smallest absolute Gasteiger partial charge is 0.362 e. The topological polar surface area (TPSA) is 82.8 Å². The van der Waals surface area contributed by atoms with E-state index < -0.39 is 18.4 Å². The second-order valence-electron chi connectivity index (χ2n) is 6.80. The van der Waals surface area contributed by atoms with Gasteiger partial charge in [-0.05, 0) is 13.0 Å². The summed E-state index contributed by atoms with van der Waals surface area (Å²) in [6, 6.07) is 7.72. The van der Waals surface area contributed by atoms with Crippen molar-refractivity contribution in [2.75, 3.05) is 18.0 Å². The van der Waals surface area contributed by atoms with Crippen LogP contribution in [0, 0.1) is 11.3 Å². The van der Waals surface area contributed by atoms with Crippen LogP contribution in [0.25, 0.3) is 22.3 Å². The van der Waals surface area contributed by atoms with Gasteiger partial charge < -0.3 is 14.6 Å². The zero-order chi connectivity index (χ0) is 20.1. The third-order valence-electron chi connectivity index (χ3n) is 4.90. The Morgan fingerprint density at radius 1 is 1.32 bits per heavy atom. The lowest BCUT2D eigenvalue weighted by molar-refractivity contribution is -0.228. The van der Waals surface area contributed by atoms with Crippen LogP contribution in [0.1, 0.15) is 12.5 Å². The standard InChI is InChI=1S/C18H17F3N6O/c1-10(18(19,20)21)28-13-8-27(9-13)17-25-24-16(26(17)2)11-3-4-14-12(6-22)7-23-15(14)5-11/h3-5,7,10,13,23H,8-9H2,1-2H3. The number of fused-ring (bicyclic) bond motifs is 1. The Morgan fingerprint density at radius 2 is 2.07 bits per heavy atom. The third kappa shape index (κ3) is 3.07. The Kier molecular flexibility index (Phi) is 4.27. The molecule has 10 heteroatoms. The van der Waals surface area contributed by atoms with Crippen molar-refractivity contribution in [1.82, 2.24) is 19.7 Å². The van der Waals surface area contributed by atoms with Crippen LogP contribution in [-0.4, -0.2) is 51.2 Å². The number of alkyl halides is 3. The van der Waals surface area contributed by atoms with E-state index in [-0.39, 0.29) is 0 Å². The Morgan fingerprint density at radius 3 is 2.75 bits per heavy atom. The van der Waals surface area contributed by atoms with Gasteiger partial charge in [0.2, 0.25) is 5.95 Å². The molecule has 2 aromatic heterocycles. The summed E-state index contributed by atoms with van der Waals surface area (Å²) in [5, 5.41) is 18.3. The van der Waals surface area contributed by atoms with Gasteiger partial charge in [-0.25, -0.2) is 0 Å². The Balaban J connectivity index is 1.49. The van der Waals surface area contributed by atoms with E-state index in [1.165, 1.54) is 0 Å². The number of nitrogens with zero attached hydrogens (tertiary/aromatic N) is 5. The highest BCUT2D eigenvalue weighted by Crippen LogP contribution is 2.30. The predicted molar refractivity (Wildman–Crippen MR) is 95.6 cm³/mol. The molecular formula is C18H17F3N6O. The van der Waals surface area contributed by atoms with E-state index in [1.807, 2.05) is 23.1 Å². The molecule has 0 bridgehead atoms. The first-order chi connectivity index (χ1) is 13.3. The van der Waals surface area contributed by atoms with Gasteiger partial charge >= 0.3 is 6.18 Å². The van der Waals surface area contributed by atoms with Crippen LogP contribution in [0.5, 0.6) is 0 Å². The quantitative estimate of drug-likeness (QED) is 0.741. The van der Waals surface area contributed by atoms with Crippen molar-refractivity contribution in [2.24, 2.45) is 7.05 Å². The maximum absolute atomic E-state index is 12.6. The van der Waals surface area contributed by atoms with Gasteiger partial charge in [-0.3, -0.25) is 4.57 Å². The highest BCUT2D eigenvalue weighted by atomic mass is 19.4. The van der Waals surface area contributed by atoms with Gasteiger partial charge in [0.05, 0.1) is 11.7 Å². The molecule has 4 rings (SSSR count). The van der Waals surface area contributed by atoms with Gasteiger partial charge in [-0.2, -0.15) is 18.4 Å². The number of rotatable bonds is 4. The van der Waals surface area contributed by atoms with Gasteiger partial charge in [0, 0.05) is 42.8 Å². The van der Waals surface area contributed by atoms with Crippen LogP contribution in [0.15, 0.2) is 24.4 Å². The van der Waals surface area contributed by atoms with Gasteiger partial charge in [-0.15, -0.1) is 10.2 Å². The van der Waals surface area contributed by atoms with Crippen LogP contribution in [0.3, 0.4) is 0 Å². The molecule has 0 radical (unpaired) electrons. The number of hydrogen-bond acceptors (Lipinski definition) is 5. The highest BCUT2D eigenvalue weighted by molar-refractivity contribution is 5.88. The summed E-state index contributed by atoms with van der Waals surface area (Å²) in [5.41, 5.74) is 2.20. The first-order valence-electron chi connectivity index (χ1n) is 8.66. The summed E-state index contributed by atoms with van der Waals surface area (Å²) in [7, 11) is 1.80. The highest BCUT2D eigenvalue weighted by Gasteiger charge is 2.41. The molecule has 1 atom stereocenters. The minimum Gasteiger partial charge on any atom is -0.362 e. The van der Waals surface area contributed by atoms with E-state index in [4.69, 9.17) is 10.00 Å². The third-order valence-corrected chi connectivity index (χ3v) is 4.90. The van der Waals surface area contributed by atoms with E-state index in [2.05, 4.69) is 21.3 Å². The largest absolute Gasteiger partial charge is 0.414 e. The molecule has 0 spiro atoms. The van der Waals surface area contributed by atoms with Crippen LogP contribution < -0.4 is 4.90 Å². The fourth-order valence-corrected chi connectivity index (χ4v) is 3.26. The molecule has 1 aliphatic heterocycles. The average Bonchev–Trinajstić information content (AvgIpc) is 3.19. The molecule has 0 aliphatic carbocycles. The van der Waals surface area contributed by atoms with E-state index >= 15 is 0 Å². The van der Waals surface area contributed by atoms with Crippen molar-refractivity contribution in [3.63, 3.8) is 0 Å². The number of aromatic nitrogens is 4. The molecule has 28 heavy (non-hydrogen) atoms. The lowest BCUT2D eigenvalue weighted by Gasteiger charge is -2.40. The zero-order valence-corrected chi connectivity index (χ0v) is 15.2. The molecule has 1 aliphatic rings. The number of hydrogen-bond donors (Lipinski definition) is 1. The number of halogens is 3. The average molecular weight is 390 g/mol. The summed E-state index contributed by atoms with van der Waals surface area (Å²) in [4.78, 5) is 4.88. The zero-order valence-electron chi connectivity index (χ0n) is 15.2. The summed E-state index contributed by atoms with van der Waals surface area (Å²) >= 11 is 0. The number of benzene rings is 1. The fourth-order valence-electron chi connectivity index (χ4n) is 3.26. The molecule has 3 heterocycles. The van der Waals surface area contributed by atoms with Gasteiger partial charge in [0.25, 0.3) is 0 Å². The normalized spacial score (nSPS) is 16.2. The molecule has 0 saturated carbocycles. The maximum Gasteiger partial charge on any atom is 0.414 e. The van der Waals surface area contributed by atoms with E-state index in [1.54, 1.807) is 17.8 Å². The molecule has 1 aromatic carbocycles. The summed E-state index contributed by atoms with van der Waals surface area (Å²) in [6.45, 7) is 1.67. The molecule has 1 unspecified atom stereocenters. The minimum atomic E-state index is -4.36. The summed E-state index contributed by atoms with van der Waals surface area (Å²) in [6.07, 6.45) is -4.99. The Bertz CT molecular complexity index is 1060. The Hall–Kier alpha value is -3.06. The molecule has 146 valence electrons. The van der Waals surface area contributed by atoms with Gasteiger partial charge in [0.1, 0.15) is 6.07 Å². The molecule has 7 nitrogen and oxygen atoms in total. The summed E-state index contributed by atoms with van der Waals surface area (Å²) in [5.74, 6) is 1.19. The Labute approximate surface area is 158 Å². The lowest BCUT2D eigenvalue weighted by atomic mass is 10.1. The first kappa shape index (κ1) is 18.3. The number of anilines is 1. The SMILES string of the molecule is CC(OC1CN(c2nnc(-c3ccc4c(C#N)c[nH]c4c3)n2C)C1)C(F)(F)F. The predicted octanol–water partition coefficient (Wildman–Crippen LogP) is 2.99. The molecular weight excluding hydrogens is 373 g/mol. The van der Waals surface area contributed by atoms with Gasteiger partial charge in [-0.1, -0.05) is 12.1 Å². The monoisotopic (exact) mass is 390 g/mol. The van der Waals surface area contributed by atoms with E-state index in [0.29, 0.717) is 30.4 Å². The van der Waals surface area contributed by atoms with Crippen LogP contribution in [-0.2, 0) is 11.8 Å². The fraction of sp³-hybridized carbons (Fsp3) is 0.389. The number of H-pyrrole nitrogens is 1. The molecule has 1 fully saturated rings. The summed E-state index contributed by atoms with van der Waals surface area (Å²) < 4.78 is 44.6. The van der Waals surface area contributed by atoms with Crippen molar-refractivity contribution < 1.29 is 17.9 Å². The van der Waals surface area contributed by atoms with Crippen LogP contribution in [0.2, 0.25) is 0 Å². The number of nitriles is 1. The van der Waals surface area contributed by atoms with Crippen LogP contribution in [0.4, 0.5) is 19.1 Å². The molecule has 1 saturated heterocycles. The number of nitrogens with one attached hydrogen (secondary N) is 1. The van der Waals surface area contributed by atoms with Crippen LogP contribution >= 0.6 is 0 Å². The maximum atomic E-state index is 12.6. The van der Waals surface area contributed by atoms with Crippen molar-refractivity contribution in [3.05, 3.63) is 30.0 Å². The van der Waals surface area contributed by atoms with Crippen molar-refractivity contribution >= 4 is 16.9 Å². The van der Waals surface area contributed by atoms with E-state index in [0.717, 1.165) is 23.4 Å². The number of ether oxygens (including phenoxy) is 1. The second-order valence-corrected chi connectivity index (χ2v) is 6.80. The van der Waals surface area contributed by atoms with E-state index in [9.17, 15) is 13.2 Å². The minimum absolute atomic E-state index is 0.327. The first-order valence-corrected chi connectivity index (χ1v) is 8.66. The molecule has 0 amide bonds. The number of aromatic amines is 1. The van der Waals surface area contributed by atoms with Gasteiger partial charge in [0.15, 0.2) is 11.9 Å². The molecule has 3 aromatic rings.